The number of piperazine rings is 1. The second-order valence-electron chi connectivity index (χ2n) is 6.81. The van der Waals surface area contributed by atoms with Gasteiger partial charge in [-0.05, 0) is 49.5 Å². The third kappa shape index (κ3) is 3.61. The van der Waals surface area contributed by atoms with Gasteiger partial charge in [-0.25, -0.2) is 4.39 Å². The molecular weight excluding hydrogens is 343 g/mol. The lowest BCUT2D eigenvalue weighted by molar-refractivity contribution is 0.102. The summed E-state index contributed by atoms with van der Waals surface area (Å²) in [4.78, 5) is 21.2. The second kappa shape index (κ2) is 7.32. The number of carbonyl (C=O) groups excluding carboxylic acids is 1. The smallest absolute Gasteiger partial charge is 0.255 e. The van der Waals surface area contributed by atoms with Gasteiger partial charge in [-0.15, -0.1) is 0 Å². The van der Waals surface area contributed by atoms with Crippen LogP contribution in [0.3, 0.4) is 0 Å². The molecule has 1 aromatic heterocycles. The molecule has 0 atom stereocenters. The zero-order valence-corrected chi connectivity index (χ0v) is 15.2. The lowest BCUT2D eigenvalue weighted by Gasteiger charge is -2.34. The van der Waals surface area contributed by atoms with Crippen molar-refractivity contribution in [3.63, 3.8) is 0 Å². The fraction of sp³-hybridized carbons (Fsp3) is 0.238. The van der Waals surface area contributed by atoms with E-state index >= 15 is 0 Å². The number of pyridine rings is 1. The summed E-state index contributed by atoms with van der Waals surface area (Å²) in [7, 11) is 2.12. The van der Waals surface area contributed by atoms with Crippen molar-refractivity contribution in [3.05, 3.63) is 66.2 Å². The lowest BCUT2D eigenvalue weighted by Crippen LogP contribution is -2.44. The molecule has 0 unspecified atom stereocenters. The Balaban J connectivity index is 1.51. The highest BCUT2D eigenvalue weighted by atomic mass is 19.1. The van der Waals surface area contributed by atoms with E-state index in [0.29, 0.717) is 22.0 Å². The molecule has 6 heteroatoms. The molecule has 0 saturated carbocycles. The minimum atomic E-state index is -0.354. The fourth-order valence-corrected chi connectivity index (χ4v) is 3.35. The number of benzene rings is 2. The van der Waals surface area contributed by atoms with Crippen LogP contribution in [0.15, 0.2) is 54.9 Å². The van der Waals surface area contributed by atoms with Crippen molar-refractivity contribution in [2.45, 2.75) is 0 Å². The number of carbonyl (C=O) groups is 1. The Morgan fingerprint density at radius 2 is 1.74 bits per heavy atom. The number of aromatic nitrogens is 1. The summed E-state index contributed by atoms with van der Waals surface area (Å²) in [5, 5.41) is 3.90. The van der Waals surface area contributed by atoms with Gasteiger partial charge in [0, 0.05) is 66.3 Å². The average molecular weight is 364 g/mol. The first kappa shape index (κ1) is 17.4. The number of nitrogens with zero attached hydrogens (tertiary/aromatic N) is 3. The maximum Gasteiger partial charge on any atom is 0.255 e. The van der Waals surface area contributed by atoms with Crippen LogP contribution in [0.25, 0.3) is 10.8 Å². The SMILES string of the molecule is CN1CCN(c2ccc(C(=O)Nc3ccc(F)c4cnccc34)cc2)CC1. The average Bonchev–Trinajstić information content (AvgIpc) is 2.71. The van der Waals surface area contributed by atoms with Crippen LogP contribution >= 0.6 is 0 Å². The molecule has 1 aliphatic heterocycles. The fourth-order valence-electron chi connectivity index (χ4n) is 3.35. The quantitative estimate of drug-likeness (QED) is 0.774. The molecule has 2 aromatic carbocycles. The number of hydrogen-bond acceptors (Lipinski definition) is 4. The van der Waals surface area contributed by atoms with Crippen molar-refractivity contribution in [1.29, 1.82) is 0 Å². The number of amides is 1. The number of nitrogens with one attached hydrogen (secondary N) is 1. The molecule has 2 heterocycles. The van der Waals surface area contributed by atoms with E-state index in [1.54, 1.807) is 18.3 Å². The van der Waals surface area contributed by atoms with E-state index in [2.05, 4.69) is 27.1 Å². The van der Waals surface area contributed by atoms with Crippen LogP contribution in [0, 0.1) is 5.82 Å². The first-order chi connectivity index (χ1) is 13.1. The van der Waals surface area contributed by atoms with Crippen molar-refractivity contribution in [2.24, 2.45) is 0 Å². The monoisotopic (exact) mass is 364 g/mol. The number of rotatable bonds is 3. The zero-order chi connectivity index (χ0) is 18.8. The summed E-state index contributed by atoms with van der Waals surface area (Å²) in [6.45, 7) is 4.04. The molecule has 0 spiro atoms. The Hall–Kier alpha value is -2.99. The molecule has 5 nitrogen and oxygen atoms in total. The van der Waals surface area contributed by atoms with Crippen molar-refractivity contribution < 1.29 is 9.18 Å². The molecule has 0 aliphatic carbocycles. The maximum atomic E-state index is 13.9. The number of likely N-dealkylation sites (N-methyl/N-ethyl adjacent to an activating group) is 1. The Morgan fingerprint density at radius 3 is 2.48 bits per heavy atom. The molecule has 0 radical (unpaired) electrons. The maximum absolute atomic E-state index is 13.9. The van der Waals surface area contributed by atoms with Crippen LogP contribution < -0.4 is 10.2 Å². The Morgan fingerprint density at radius 1 is 1.00 bits per heavy atom. The van der Waals surface area contributed by atoms with Crippen LogP contribution in [-0.2, 0) is 0 Å². The predicted molar refractivity (Wildman–Crippen MR) is 106 cm³/mol. The molecular formula is C21H21FN4O. The van der Waals surface area contributed by atoms with Gasteiger partial charge in [0.2, 0.25) is 0 Å². The molecule has 1 aliphatic rings. The van der Waals surface area contributed by atoms with Gasteiger partial charge in [-0.2, -0.15) is 0 Å². The van der Waals surface area contributed by atoms with Crippen LogP contribution in [0.1, 0.15) is 10.4 Å². The zero-order valence-electron chi connectivity index (χ0n) is 15.2. The molecule has 1 N–H and O–H groups in total. The number of halogens is 1. The van der Waals surface area contributed by atoms with Crippen LogP contribution in [-0.4, -0.2) is 49.0 Å². The van der Waals surface area contributed by atoms with E-state index < -0.39 is 0 Å². The van der Waals surface area contributed by atoms with Gasteiger partial charge in [-0.3, -0.25) is 9.78 Å². The third-order valence-corrected chi connectivity index (χ3v) is 5.01. The molecule has 27 heavy (non-hydrogen) atoms. The van der Waals surface area contributed by atoms with Gasteiger partial charge in [0.15, 0.2) is 0 Å². The van der Waals surface area contributed by atoms with Crippen LogP contribution in [0.2, 0.25) is 0 Å². The second-order valence-corrected chi connectivity index (χ2v) is 6.81. The van der Waals surface area contributed by atoms with E-state index in [-0.39, 0.29) is 11.7 Å². The topological polar surface area (TPSA) is 48.5 Å². The van der Waals surface area contributed by atoms with E-state index in [4.69, 9.17) is 0 Å². The summed E-state index contributed by atoms with van der Waals surface area (Å²) in [5.74, 6) is -0.572. The summed E-state index contributed by atoms with van der Waals surface area (Å²) < 4.78 is 13.9. The van der Waals surface area contributed by atoms with Crippen molar-refractivity contribution >= 4 is 28.1 Å². The van der Waals surface area contributed by atoms with E-state index in [1.165, 1.54) is 12.3 Å². The first-order valence-corrected chi connectivity index (χ1v) is 8.99. The van der Waals surface area contributed by atoms with E-state index in [9.17, 15) is 9.18 Å². The minimum absolute atomic E-state index is 0.218. The molecule has 1 fully saturated rings. The van der Waals surface area contributed by atoms with Gasteiger partial charge in [0.1, 0.15) is 5.82 Å². The van der Waals surface area contributed by atoms with Crippen molar-refractivity contribution in [1.82, 2.24) is 9.88 Å². The van der Waals surface area contributed by atoms with E-state index in [1.807, 2.05) is 24.3 Å². The lowest BCUT2D eigenvalue weighted by atomic mass is 10.1. The van der Waals surface area contributed by atoms with Crippen LogP contribution in [0.5, 0.6) is 0 Å². The minimum Gasteiger partial charge on any atom is -0.369 e. The summed E-state index contributed by atoms with van der Waals surface area (Å²) in [5.41, 5.74) is 2.26. The highest BCUT2D eigenvalue weighted by Gasteiger charge is 2.15. The Bertz CT molecular complexity index is 966. The number of anilines is 2. The van der Waals surface area contributed by atoms with Gasteiger partial charge in [0.05, 0.1) is 0 Å². The summed E-state index contributed by atoms with van der Waals surface area (Å²) in [6, 6.07) is 12.2. The Labute approximate surface area is 157 Å². The summed E-state index contributed by atoms with van der Waals surface area (Å²) >= 11 is 0. The largest absolute Gasteiger partial charge is 0.369 e. The van der Waals surface area contributed by atoms with E-state index in [0.717, 1.165) is 31.9 Å². The standard InChI is InChI=1S/C21H21FN4O/c1-25-10-12-26(13-11-25)16-4-2-15(3-5-16)21(27)24-20-7-6-19(22)18-14-23-9-8-17(18)20/h2-9,14H,10-13H2,1H3,(H,24,27). The predicted octanol–water partition coefficient (Wildman–Crippen LogP) is 3.38. The van der Waals surface area contributed by atoms with Gasteiger partial charge < -0.3 is 15.1 Å². The highest BCUT2D eigenvalue weighted by Crippen LogP contribution is 2.26. The van der Waals surface area contributed by atoms with Crippen molar-refractivity contribution in [2.75, 3.05) is 43.4 Å². The number of hydrogen-bond donors (Lipinski definition) is 1. The molecule has 1 saturated heterocycles. The van der Waals surface area contributed by atoms with Crippen LogP contribution in [0.4, 0.5) is 15.8 Å². The van der Waals surface area contributed by atoms with Gasteiger partial charge in [-0.1, -0.05) is 0 Å². The molecule has 0 bridgehead atoms. The summed E-state index contributed by atoms with van der Waals surface area (Å²) in [6.07, 6.45) is 3.05. The molecule has 1 amide bonds. The highest BCUT2D eigenvalue weighted by molar-refractivity contribution is 6.09. The molecule has 3 aromatic rings. The van der Waals surface area contributed by atoms with Gasteiger partial charge in [0.25, 0.3) is 5.91 Å². The molecule has 138 valence electrons. The normalized spacial score (nSPS) is 15.1. The van der Waals surface area contributed by atoms with Gasteiger partial charge >= 0.3 is 0 Å². The molecule has 4 rings (SSSR count). The third-order valence-electron chi connectivity index (χ3n) is 5.01. The van der Waals surface area contributed by atoms with Crippen molar-refractivity contribution in [3.8, 4) is 0 Å². The first-order valence-electron chi connectivity index (χ1n) is 8.99. The number of fused-ring (bicyclic) bond motifs is 1. The Kier molecular flexibility index (Phi) is 4.73.